The highest BCUT2D eigenvalue weighted by Gasteiger charge is 2.18. The van der Waals surface area contributed by atoms with Gasteiger partial charge in [0, 0.05) is 18.8 Å². The Labute approximate surface area is 181 Å². The first-order valence-corrected chi connectivity index (χ1v) is 10.0. The van der Waals surface area contributed by atoms with Crippen LogP contribution in [-0.4, -0.2) is 39.7 Å². The standard InChI is InChI=1S/C23H17FN8/c1-12-26-11-18(32(12)2)16-7-8-17-20(27-16)21(31-30-17)23-28-19-15(9-10-25-22(19)29-23)13-3-5-14(24)6-4-13/h3-11H,1-2H3,(H,30,31)(H,25,28,29). The molecule has 0 saturated carbocycles. The van der Waals surface area contributed by atoms with Gasteiger partial charge in [-0.05, 0) is 42.8 Å². The first-order chi connectivity index (χ1) is 15.6. The third-order valence-corrected chi connectivity index (χ3v) is 5.66. The molecule has 0 aliphatic carbocycles. The van der Waals surface area contributed by atoms with Gasteiger partial charge in [-0.3, -0.25) is 5.10 Å². The number of halogens is 1. The van der Waals surface area contributed by atoms with Gasteiger partial charge in [-0.2, -0.15) is 5.10 Å². The molecule has 6 rings (SSSR count). The maximum atomic E-state index is 13.4. The van der Waals surface area contributed by atoms with Crippen LogP contribution in [-0.2, 0) is 7.05 Å². The number of nitrogens with one attached hydrogen (secondary N) is 2. The minimum absolute atomic E-state index is 0.280. The van der Waals surface area contributed by atoms with Crippen molar-refractivity contribution < 1.29 is 4.39 Å². The third kappa shape index (κ3) is 2.78. The van der Waals surface area contributed by atoms with Crippen molar-refractivity contribution in [1.82, 2.24) is 39.7 Å². The quantitative estimate of drug-likeness (QED) is 0.438. The summed E-state index contributed by atoms with van der Waals surface area (Å²) in [7, 11) is 1.96. The number of rotatable bonds is 3. The zero-order valence-corrected chi connectivity index (χ0v) is 17.3. The van der Waals surface area contributed by atoms with Gasteiger partial charge in [0.2, 0.25) is 0 Å². The summed E-state index contributed by atoms with van der Waals surface area (Å²) in [5, 5.41) is 7.48. The van der Waals surface area contributed by atoms with Gasteiger partial charge in [0.15, 0.2) is 17.2 Å². The van der Waals surface area contributed by atoms with E-state index in [9.17, 15) is 4.39 Å². The lowest BCUT2D eigenvalue weighted by atomic mass is 10.1. The van der Waals surface area contributed by atoms with Crippen molar-refractivity contribution in [2.24, 2.45) is 7.05 Å². The highest BCUT2D eigenvalue weighted by molar-refractivity contribution is 5.94. The van der Waals surface area contributed by atoms with Crippen molar-refractivity contribution in [3.8, 4) is 34.0 Å². The topological polar surface area (TPSA) is 101 Å². The van der Waals surface area contributed by atoms with Crippen molar-refractivity contribution in [3.05, 3.63) is 66.5 Å². The van der Waals surface area contributed by atoms with Crippen LogP contribution in [0.25, 0.3) is 56.2 Å². The van der Waals surface area contributed by atoms with Crippen LogP contribution < -0.4 is 0 Å². The number of hydrogen-bond acceptors (Lipinski definition) is 5. The van der Waals surface area contributed by atoms with E-state index in [1.807, 2.05) is 42.9 Å². The average molecular weight is 424 g/mol. The summed E-state index contributed by atoms with van der Waals surface area (Å²) in [5.74, 6) is 1.18. The lowest BCUT2D eigenvalue weighted by Gasteiger charge is -2.03. The highest BCUT2D eigenvalue weighted by Crippen LogP contribution is 2.31. The number of aromatic nitrogens is 8. The molecule has 2 N–H and O–H groups in total. The Bertz CT molecular complexity index is 1610. The zero-order valence-electron chi connectivity index (χ0n) is 17.3. The van der Waals surface area contributed by atoms with Gasteiger partial charge in [-0.1, -0.05) is 12.1 Å². The van der Waals surface area contributed by atoms with Gasteiger partial charge in [0.05, 0.1) is 28.6 Å². The molecule has 0 amide bonds. The lowest BCUT2D eigenvalue weighted by molar-refractivity contribution is 0.628. The predicted molar refractivity (Wildman–Crippen MR) is 119 cm³/mol. The molecule has 32 heavy (non-hydrogen) atoms. The Kier molecular flexibility index (Phi) is 3.91. The summed E-state index contributed by atoms with van der Waals surface area (Å²) < 4.78 is 15.4. The second kappa shape index (κ2) is 6.81. The maximum absolute atomic E-state index is 13.4. The Morgan fingerprint density at radius 2 is 1.81 bits per heavy atom. The molecule has 5 heterocycles. The molecule has 0 radical (unpaired) electrons. The number of pyridine rings is 2. The molecule has 0 atom stereocenters. The van der Waals surface area contributed by atoms with Gasteiger partial charge in [-0.25, -0.2) is 24.3 Å². The number of H-pyrrole nitrogens is 2. The smallest absolute Gasteiger partial charge is 0.178 e. The molecule has 6 aromatic rings. The van der Waals surface area contributed by atoms with E-state index in [0.717, 1.165) is 39.4 Å². The van der Waals surface area contributed by atoms with Gasteiger partial charge in [0.25, 0.3) is 0 Å². The van der Waals surface area contributed by atoms with Crippen LogP contribution in [0.3, 0.4) is 0 Å². The zero-order chi connectivity index (χ0) is 21.8. The van der Waals surface area contributed by atoms with Crippen LogP contribution in [0.2, 0.25) is 0 Å². The first kappa shape index (κ1) is 18.4. The summed E-state index contributed by atoms with van der Waals surface area (Å²) in [6, 6.07) is 12.1. The predicted octanol–water partition coefficient (Wildman–Crippen LogP) is 4.41. The lowest BCUT2D eigenvalue weighted by Crippen LogP contribution is -1.96. The fraction of sp³-hybridized carbons (Fsp3) is 0.0870. The van der Waals surface area contributed by atoms with E-state index in [1.54, 1.807) is 18.3 Å². The third-order valence-electron chi connectivity index (χ3n) is 5.66. The van der Waals surface area contributed by atoms with Crippen LogP contribution in [0.4, 0.5) is 4.39 Å². The Morgan fingerprint density at radius 1 is 0.969 bits per heavy atom. The first-order valence-electron chi connectivity index (χ1n) is 10.0. The van der Waals surface area contributed by atoms with E-state index in [4.69, 9.17) is 4.98 Å². The molecule has 9 heteroatoms. The second-order valence-electron chi connectivity index (χ2n) is 7.56. The molecule has 8 nitrogen and oxygen atoms in total. The monoisotopic (exact) mass is 424 g/mol. The minimum atomic E-state index is -0.280. The molecule has 0 saturated heterocycles. The van der Waals surface area contributed by atoms with Gasteiger partial charge in [-0.15, -0.1) is 0 Å². The molecule has 0 unspecified atom stereocenters. The Balaban J connectivity index is 1.51. The normalized spacial score (nSPS) is 11.6. The molecule has 0 fully saturated rings. The molecule has 0 aliphatic heterocycles. The number of nitrogens with zero attached hydrogens (tertiary/aromatic N) is 6. The van der Waals surface area contributed by atoms with Crippen molar-refractivity contribution >= 4 is 22.2 Å². The molecular formula is C23H17FN8. The van der Waals surface area contributed by atoms with E-state index in [0.29, 0.717) is 22.7 Å². The van der Waals surface area contributed by atoms with Gasteiger partial charge < -0.3 is 9.55 Å². The average Bonchev–Trinajstić information content (AvgIpc) is 3.50. The summed E-state index contributed by atoms with van der Waals surface area (Å²) in [6.07, 6.45) is 3.50. The minimum Gasteiger partial charge on any atom is -0.335 e. The van der Waals surface area contributed by atoms with Crippen molar-refractivity contribution in [2.45, 2.75) is 6.92 Å². The summed E-state index contributed by atoms with van der Waals surface area (Å²) in [4.78, 5) is 21.6. The number of aryl methyl sites for hydroxylation is 1. The van der Waals surface area contributed by atoms with E-state index in [-0.39, 0.29) is 5.82 Å². The van der Waals surface area contributed by atoms with E-state index < -0.39 is 0 Å². The Hall–Kier alpha value is -4.40. The van der Waals surface area contributed by atoms with Crippen LogP contribution in [0.1, 0.15) is 5.82 Å². The number of aromatic amines is 2. The second-order valence-corrected chi connectivity index (χ2v) is 7.56. The van der Waals surface area contributed by atoms with Crippen LogP contribution >= 0.6 is 0 Å². The fourth-order valence-electron chi connectivity index (χ4n) is 3.84. The highest BCUT2D eigenvalue weighted by atomic mass is 19.1. The summed E-state index contributed by atoms with van der Waals surface area (Å²) in [6.45, 7) is 1.95. The molecule has 0 bridgehead atoms. The summed E-state index contributed by atoms with van der Waals surface area (Å²) >= 11 is 0. The van der Waals surface area contributed by atoms with Crippen molar-refractivity contribution in [3.63, 3.8) is 0 Å². The summed E-state index contributed by atoms with van der Waals surface area (Å²) in [5.41, 5.74) is 6.87. The fourth-order valence-corrected chi connectivity index (χ4v) is 3.84. The van der Waals surface area contributed by atoms with Gasteiger partial charge in [0.1, 0.15) is 17.2 Å². The molecule has 0 aliphatic rings. The molecule has 5 aromatic heterocycles. The van der Waals surface area contributed by atoms with Crippen LogP contribution in [0, 0.1) is 12.7 Å². The Morgan fingerprint density at radius 3 is 2.59 bits per heavy atom. The van der Waals surface area contributed by atoms with Crippen molar-refractivity contribution in [2.75, 3.05) is 0 Å². The number of imidazole rings is 2. The largest absolute Gasteiger partial charge is 0.335 e. The number of benzene rings is 1. The van der Waals surface area contributed by atoms with Crippen LogP contribution in [0.5, 0.6) is 0 Å². The SMILES string of the molecule is Cc1ncc(-c2ccc3[nH]nc(-c4nc5nccc(-c6ccc(F)cc6)c5[nH]4)c3n2)n1C. The molecule has 156 valence electrons. The van der Waals surface area contributed by atoms with Crippen molar-refractivity contribution in [1.29, 1.82) is 0 Å². The maximum Gasteiger partial charge on any atom is 0.178 e. The van der Waals surface area contributed by atoms with E-state index >= 15 is 0 Å². The van der Waals surface area contributed by atoms with Gasteiger partial charge >= 0.3 is 0 Å². The number of fused-ring (bicyclic) bond motifs is 2. The molecule has 0 spiro atoms. The van der Waals surface area contributed by atoms with Crippen LogP contribution in [0.15, 0.2) is 54.9 Å². The number of hydrogen-bond donors (Lipinski definition) is 2. The molecule has 1 aromatic carbocycles. The van der Waals surface area contributed by atoms with E-state index in [1.165, 1.54) is 12.1 Å². The van der Waals surface area contributed by atoms with E-state index in [2.05, 4.69) is 30.1 Å². The molecular weight excluding hydrogens is 407 g/mol.